The molecule has 0 spiro atoms. The summed E-state index contributed by atoms with van der Waals surface area (Å²) in [4.78, 5) is 3.90. The van der Waals surface area contributed by atoms with Crippen molar-refractivity contribution in [3.63, 3.8) is 0 Å². The van der Waals surface area contributed by atoms with Crippen LogP contribution < -0.4 is 10.5 Å². The molecule has 0 aliphatic heterocycles. The predicted molar refractivity (Wildman–Crippen MR) is 58.2 cm³/mol. The van der Waals surface area contributed by atoms with E-state index < -0.39 is 0 Å². The molecule has 0 aromatic carbocycles. The Kier molecular flexibility index (Phi) is 3.33. The molecule has 0 aliphatic rings. The second-order valence-electron chi connectivity index (χ2n) is 4.57. The van der Waals surface area contributed by atoms with Crippen molar-refractivity contribution in [2.75, 3.05) is 12.3 Å². The van der Waals surface area contributed by atoms with Crippen LogP contribution in [0.2, 0.25) is 0 Å². The Morgan fingerprint density at radius 2 is 2.14 bits per heavy atom. The zero-order valence-corrected chi connectivity index (χ0v) is 9.08. The highest BCUT2D eigenvalue weighted by Gasteiger charge is 2.10. The van der Waals surface area contributed by atoms with E-state index in [4.69, 9.17) is 10.5 Å². The van der Waals surface area contributed by atoms with E-state index >= 15 is 0 Å². The molecule has 3 heteroatoms. The van der Waals surface area contributed by atoms with Crippen molar-refractivity contribution in [3.05, 3.63) is 18.5 Å². The van der Waals surface area contributed by atoms with Crippen molar-refractivity contribution in [1.29, 1.82) is 0 Å². The van der Waals surface area contributed by atoms with Gasteiger partial charge in [-0.2, -0.15) is 0 Å². The molecule has 2 N–H and O–H groups in total. The van der Waals surface area contributed by atoms with E-state index in [9.17, 15) is 0 Å². The summed E-state index contributed by atoms with van der Waals surface area (Å²) in [7, 11) is 0. The number of nitrogens with zero attached hydrogens (tertiary/aromatic N) is 1. The molecule has 0 aliphatic carbocycles. The van der Waals surface area contributed by atoms with Crippen LogP contribution in [0.25, 0.3) is 0 Å². The topological polar surface area (TPSA) is 48.1 Å². The molecular weight excluding hydrogens is 176 g/mol. The molecule has 0 bridgehead atoms. The smallest absolute Gasteiger partial charge is 0.145 e. The van der Waals surface area contributed by atoms with Crippen LogP contribution in [0, 0.1) is 5.41 Å². The van der Waals surface area contributed by atoms with Crippen molar-refractivity contribution >= 4 is 5.69 Å². The molecule has 0 saturated heterocycles. The van der Waals surface area contributed by atoms with E-state index in [2.05, 4.69) is 25.8 Å². The van der Waals surface area contributed by atoms with Crippen molar-refractivity contribution in [2.45, 2.75) is 27.2 Å². The Labute approximate surface area is 85.3 Å². The van der Waals surface area contributed by atoms with Gasteiger partial charge in [-0.05, 0) is 11.8 Å². The molecule has 0 amide bonds. The normalized spacial score (nSPS) is 11.4. The summed E-state index contributed by atoms with van der Waals surface area (Å²) in [6.45, 7) is 7.25. The molecule has 0 fully saturated rings. The minimum absolute atomic E-state index is 0.293. The van der Waals surface area contributed by atoms with Crippen molar-refractivity contribution in [3.8, 4) is 5.75 Å². The SMILES string of the molecule is CC(C)(C)CCOc1ccncc1N. The van der Waals surface area contributed by atoms with E-state index in [1.807, 2.05) is 0 Å². The fraction of sp³-hybridized carbons (Fsp3) is 0.545. The minimum Gasteiger partial charge on any atom is -0.491 e. The van der Waals surface area contributed by atoms with E-state index in [-0.39, 0.29) is 0 Å². The molecule has 1 rings (SSSR count). The Balaban J connectivity index is 2.43. The Morgan fingerprint density at radius 1 is 1.43 bits per heavy atom. The first-order chi connectivity index (χ1) is 6.49. The summed E-state index contributed by atoms with van der Waals surface area (Å²) in [5, 5.41) is 0. The average molecular weight is 194 g/mol. The lowest BCUT2D eigenvalue weighted by Gasteiger charge is -2.18. The zero-order chi connectivity index (χ0) is 10.6. The van der Waals surface area contributed by atoms with Gasteiger partial charge in [0.15, 0.2) is 0 Å². The van der Waals surface area contributed by atoms with Crippen molar-refractivity contribution < 1.29 is 4.74 Å². The van der Waals surface area contributed by atoms with E-state index in [0.29, 0.717) is 17.7 Å². The second-order valence-corrected chi connectivity index (χ2v) is 4.57. The van der Waals surface area contributed by atoms with E-state index in [1.54, 1.807) is 18.5 Å². The number of hydrogen-bond donors (Lipinski definition) is 1. The van der Waals surface area contributed by atoms with Gasteiger partial charge in [0, 0.05) is 12.3 Å². The van der Waals surface area contributed by atoms with Gasteiger partial charge >= 0.3 is 0 Å². The highest BCUT2D eigenvalue weighted by atomic mass is 16.5. The average Bonchev–Trinajstić information content (AvgIpc) is 2.06. The van der Waals surface area contributed by atoms with Crippen molar-refractivity contribution in [1.82, 2.24) is 4.98 Å². The largest absolute Gasteiger partial charge is 0.491 e. The number of pyridine rings is 1. The van der Waals surface area contributed by atoms with Gasteiger partial charge in [-0.15, -0.1) is 0 Å². The first kappa shape index (κ1) is 10.8. The van der Waals surface area contributed by atoms with Gasteiger partial charge in [0.05, 0.1) is 18.5 Å². The summed E-state index contributed by atoms with van der Waals surface area (Å²) in [6.07, 6.45) is 4.30. The number of aromatic nitrogens is 1. The van der Waals surface area contributed by atoms with Gasteiger partial charge in [0.2, 0.25) is 0 Å². The number of ether oxygens (including phenoxy) is 1. The van der Waals surface area contributed by atoms with Crippen LogP contribution in [-0.4, -0.2) is 11.6 Å². The molecule has 3 nitrogen and oxygen atoms in total. The highest BCUT2D eigenvalue weighted by Crippen LogP contribution is 2.22. The molecule has 0 saturated carbocycles. The maximum Gasteiger partial charge on any atom is 0.145 e. The minimum atomic E-state index is 0.293. The quantitative estimate of drug-likeness (QED) is 0.804. The van der Waals surface area contributed by atoms with Crippen LogP contribution in [0.3, 0.4) is 0 Å². The predicted octanol–water partition coefficient (Wildman–Crippen LogP) is 2.48. The Morgan fingerprint density at radius 3 is 2.71 bits per heavy atom. The number of nitrogens with two attached hydrogens (primary N) is 1. The lowest BCUT2D eigenvalue weighted by Crippen LogP contribution is -2.11. The molecule has 1 aromatic heterocycles. The third-order valence-electron chi connectivity index (χ3n) is 1.92. The molecule has 0 atom stereocenters. The van der Waals surface area contributed by atoms with Crippen LogP contribution in [0.1, 0.15) is 27.2 Å². The van der Waals surface area contributed by atoms with E-state index in [0.717, 1.165) is 12.2 Å². The van der Waals surface area contributed by atoms with Gasteiger partial charge in [0.1, 0.15) is 5.75 Å². The molecular formula is C11H18N2O. The zero-order valence-electron chi connectivity index (χ0n) is 9.08. The molecule has 1 aromatic rings. The summed E-state index contributed by atoms with van der Waals surface area (Å²) < 4.78 is 5.55. The van der Waals surface area contributed by atoms with Crippen LogP contribution in [0.15, 0.2) is 18.5 Å². The number of rotatable bonds is 3. The molecule has 0 unspecified atom stereocenters. The third-order valence-corrected chi connectivity index (χ3v) is 1.92. The fourth-order valence-electron chi connectivity index (χ4n) is 0.993. The standard InChI is InChI=1S/C11H18N2O/c1-11(2,3)5-7-14-10-4-6-13-8-9(10)12/h4,6,8H,5,7,12H2,1-3H3. The van der Waals surface area contributed by atoms with Gasteiger partial charge in [-0.1, -0.05) is 20.8 Å². The first-order valence-corrected chi connectivity index (χ1v) is 4.81. The van der Waals surface area contributed by atoms with Crippen molar-refractivity contribution in [2.24, 2.45) is 5.41 Å². The maximum absolute atomic E-state index is 5.68. The highest BCUT2D eigenvalue weighted by molar-refractivity contribution is 5.49. The summed E-state index contributed by atoms with van der Waals surface area (Å²) in [5.74, 6) is 0.726. The second kappa shape index (κ2) is 4.31. The van der Waals surface area contributed by atoms with Gasteiger partial charge in [0.25, 0.3) is 0 Å². The van der Waals surface area contributed by atoms with Gasteiger partial charge in [-0.3, -0.25) is 4.98 Å². The van der Waals surface area contributed by atoms with E-state index in [1.165, 1.54) is 0 Å². The summed E-state index contributed by atoms with van der Waals surface area (Å²) >= 11 is 0. The third kappa shape index (κ3) is 3.64. The molecule has 0 radical (unpaired) electrons. The number of hydrogen-bond acceptors (Lipinski definition) is 3. The van der Waals surface area contributed by atoms with Crippen LogP contribution in [0.4, 0.5) is 5.69 Å². The first-order valence-electron chi connectivity index (χ1n) is 4.81. The monoisotopic (exact) mass is 194 g/mol. The Hall–Kier alpha value is -1.25. The summed E-state index contributed by atoms with van der Waals surface area (Å²) in [5.41, 5.74) is 6.57. The van der Waals surface area contributed by atoms with Crippen LogP contribution in [-0.2, 0) is 0 Å². The van der Waals surface area contributed by atoms with Crippen LogP contribution in [0.5, 0.6) is 5.75 Å². The molecule has 78 valence electrons. The lowest BCUT2D eigenvalue weighted by molar-refractivity contribution is 0.244. The van der Waals surface area contributed by atoms with Gasteiger partial charge < -0.3 is 10.5 Å². The molecule has 14 heavy (non-hydrogen) atoms. The van der Waals surface area contributed by atoms with Gasteiger partial charge in [-0.25, -0.2) is 0 Å². The number of nitrogen functional groups attached to an aromatic ring is 1. The Bertz CT molecular complexity index is 292. The fourth-order valence-corrected chi connectivity index (χ4v) is 0.993. The number of anilines is 1. The summed E-state index contributed by atoms with van der Waals surface area (Å²) in [6, 6.07) is 1.79. The maximum atomic E-state index is 5.68. The lowest BCUT2D eigenvalue weighted by atomic mass is 9.93. The van der Waals surface area contributed by atoms with Crippen LogP contribution >= 0.6 is 0 Å². The molecule has 1 heterocycles.